The van der Waals surface area contributed by atoms with Crippen molar-refractivity contribution in [1.29, 1.82) is 0 Å². The number of carbonyl (C=O) groups excluding carboxylic acids is 1. The second-order valence-corrected chi connectivity index (χ2v) is 4.34. The van der Waals surface area contributed by atoms with Gasteiger partial charge in [-0.2, -0.15) is 13.9 Å². The molecule has 2 aromatic rings. The Bertz CT molecular complexity index is 658. The average molecular weight is 312 g/mol. The highest BCUT2D eigenvalue weighted by atomic mass is 19.3. The van der Waals surface area contributed by atoms with Crippen molar-refractivity contribution in [2.24, 2.45) is 7.05 Å². The number of benzene rings is 1. The van der Waals surface area contributed by atoms with Crippen LogP contribution in [0.4, 0.5) is 8.78 Å². The fourth-order valence-electron chi connectivity index (χ4n) is 1.75. The van der Waals surface area contributed by atoms with E-state index in [0.717, 1.165) is 0 Å². The predicted molar refractivity (Wildman–Crippen MR) is 72.0 cm³/mol. The molecule has 0 saturated heterocycles. The number of carbonyl (C=O) groups is 1. The van der Waals surface area contributed by atoms with Crippen LogP contribution in [-0.2, 0) is 18.4 Å². The number of hydrogen-bond donors (Lipinski definition) is 0. The van der Waals surface area contributed by atoms with E-state index in [0.29, 0.717) is 11.1 Å². The van der Waals surface area contributed by atoms with Gasteiger partial charge in [0.15, 0.2) is 11.5 Å². The molecule has 0 amide bonds. The van der Waals surface area contributed by atoms with Gasteiger partial charge in [-0.3, -0.25) is 4.68 Å². The van der Waals surface area contributed by atoms with Gasteiger partial charge in [0.2, 0.25) is 0 Å². The summed E-state index contributed by atoms with van der Waals surface area (Å²) < 4.78 is 40.3. The lowest BCUT2D eigenvalue weighted by Gasteiger charge is -2.11. The number of alkyl halides is 2. The Kier molecular flexibility index (Phi) is 4.92. The van der Waals surface area contributed by atoms with Crippen LogP contribution in [0, 0.1) is 0 Å². The zero-order valence-corrected chi connectivity index (χ0v) is 12.0. The summed E-state index contributed by atoms with van der Waals surface area (Å²) in [6.07, 6.45) is 2.92. The summed E-state index contributed by atoms with van der Waals surface area (Å²) in [6, 6.07) is 4.31. The van der Waals surface area contributed by atoms with Crippen LogP contribution >= 0.6 is 0 Å². The summed E-state index contributed by atoms with van der Waals surface area (Å²) in [5, 5.41) is 3.87. The van der Waals surface area contributed by atoms with Gasteiger partial charge in [-0.1, -0.05) is 6.07 Å². The molecule has 8 heteroatoms. The second-order valence-electron chi connectivity index (χ2n) is 4.34. The SMILES string of the molecule is COc1cc(COC(=O)c2cnn(C)c2)ccc1OC(F)F. The molecule has 118 valence electrons. The van der Waals surface area contributed by atoms with Crippen molar-refractivity contribution in [2.75, 3.05) is 7.11 Å². The summed E-state index contributed by atoms with van der Waals surface area (Å²) in [4.78, 5) is 11.8. The highest BCUT2D eigenvalue weighted by Crippen LogP contribution is 2.29. The van der Waals surface area contributed by atoms with Crippen molar-refractivity contribution in [3.05, 3.63) is 41.7 Å². The number of esters is 1. The van der Waals surface area contributed by atoms with E-state index < -0.39 is 12.6 Å². The monoisotopic (exact) mass is 312 g/mol. The number of aryl methyl sites for hydroxylation is 1. The molecule has 0 unspecified atom stereocenters. The van der Waals surface area contributed by atoms with Crippen LogP contribution in [0.15, 0.2) is 30.6 Å². The summed E-state index contributed by atoms with van der Waals surface area (Å²) in [6.45, 7) is -2.97. The van der Waals surface area contributed by atoms with Gasteiger partial charge in [-0.15, -0.1) is 0 Å². The number of aromatic nitrogens is 2. The van der Waals surface area contributed by atoms with Gasteiger partial charge in [0.05, 0.1) is 18.9 Å². The zero-order chi connectivity index (χ0) is 16.1. The second kappa shape index (κ2) is 6.88. The predicted octanol–water partition coefficient (Wildman–Crippen LogP) is 2.39. The van der Waals surface area contributed by atoms with Crippen molar-refractivity contribution in [3.8, 4) is 11.5 Å². The standard InChI is InChI=1S/C14H14F2N2O4/c1-18-7-10(6-17-18)13(19)21-8-9-3-4-11(22-14(15)16)12(5-9)20-2/h3-7,14H,8H2,1-2H3. The minimum atomic E-state index is -2.94. The number of rotatable bonds is 6. The molecular weight excluding hydrogens is 298 g/mol. The maximum atomic E-state index is 12.2. The van der Waals surface area contributed by atoms with Crippen molar-refractivity contribution in [3.63, 3.8) is 0 Å². The third-order valence-electron chi connectivity index (χ3n) is 2.75. The van der Waals surface area contributed by atoms with Crippen molar-refractivity contribution >= 4 is 5.97 Å². The molecule has 1 heterocycles. The lowest BCUT2D eigenvalue weighted by atomic mass is 10.2. The van der Waals surface area contributed by atoms with E-state index >= 15 is 0 Å². The summed E-state index contributed by atoms with van der Waals surface area (Å²) >= 11 is 0. The van der Waals surface area contributed by atoms with Crippen LogP contribution in [0.1, 0.15) is 15.9 Å². The first kappa shape index (κ1) is 15.7. The van der Waals surface area contributed by atoms with Crippen LogP contribution in [-0.4, -0.2) is 29.5 Å². The van der Waals surface area contributed by atoms with E-state index in [-0.39, 0.29) is 18.1 Å². The maximum Gasteiger partial charge on any atom is 0.387 e. The van der Waals surface area contributed by atoms with E-state index in [1.807, 2.05) is 0 Å². The lowest BCUT2D eigenvalue weighted by molar-refractivity contribution is -0.0512. The minimum absolute atomic E-state index is 0.0287. The third kappa shape index (κ3) is 3.94. The van der Waals surface area contributed by atoms with Crippen LogP contribution in [0.3, 0.4) is 0 Å². The van der Waals surface area contributed by atoms with Crippen LogP contribution in [0.2, 0.25) is 0 Å². The van der Waals surface area contributed by atoms with Gasteiger partial charge in [-0.25, -0.2) is 4.79 Å². The van der Waals surface area contributed by atoms with Gasteiger partial charge >= 0.3 is 12.6 Å². The van der Waals surface area contributed by atoms with Gasteiger partial charge in [0.25, 0.3) is 0 Å². The van der Waals surface area contributed by atoms with Crippen molar-refractivity contribution < 1.29 is 27.8 Å². The highest BCUT2D eigenvalue weighted by molar-refractivity contribution is 5.88. The topological polar surface area (TPSA) is 62.6 Å². The minimum Gasteiger partial charge on any atom is -0.493 e. The molecule has 0 aliphatic heterocycles. The highest BCUT2D eigenvalue weighted by Gasteiger charge is 2.13. The molecule has 0 N–H and O–H groups in total. The fraction of sp³-hybridized carbons (Fsp3) is 0.286. The Balaban J connectivity index is 2.02. The Morgan fingerprint density at radius 3 is 2.73 bits per heavy atom. The maximum absolute atomic E-state index is 12.2. The molecule has 22 heavy (non-hydrogen) atoms. The smallest absolute Gasteiger partial charge is 0.387 e. The van der Waals surface area contributed by atoms with Gasteiger partial charge in [0.1, 0.15) is 6.61 Å². The molecule has 1 aromatic carbocycles. The largest absolute Gasteiger partial charge is 0.493 e. The average Bonchev–Trinajstić information content (AvgIpc) is 2.92. The first-order valence-electron chi connectivity index (χ1n) is 6.27. The molecule has 0 saturated carbocycles. The van der Waals surface area contributed by atoms with E-state index in [1.54, 1.807) is 7.05 Å². The summed E-state index contributed by atoms with van der Waals surface area (Å²) in [7, 11) is 3.02. The molecule has 2 rings (SSSR count). The third-order valence-corrected chi connectivity index (χ3v) is 2.75. The molecule has 0 bridgehead atoms. The van der Waals surface area contributed by atoms with Gasteiger partial charge in [0, 0.05) is 13.2 Å². The van der Waals surface area contributed by atoms with Crippen molar-refractivity contribution in [1.82, 2.24) is 9.78 Å². The molecule has 0 radical (unpaired) electrons. The number of nitrogens with zero attached hydrogens (tertiary/aromatic N) is 2. The number of halogens is 2. The Hall–Kier alpha value is -2.64. The normalized spacial score (nSPS) is 10.6. The molecule has 1 aromatic heterocycles. The molecule has 0 aliphatic rings. The fourth-order valence-corrected chi connectivity index (χ4v) is 1.75. The van der Waals surface area contributed by atoms with E-state index in [9.17, 15) is 13.6 Å². The molecule has 6 nitrogen and oxygen atoms in total. The van der Waals surface area contributed by atoms with Crippen LogP contribution in [0.5, 0.6) is 11.5 Å². The van der Waals surface area contributed by atoms with E-state index in [1.165, 1.54) is 42.4 Å². The van der Waals surface area contributed by atoms with Gasteiger partial charge in [-0.05, 0) is 17.7 Å². The summed E-state index contributed by atoms with van der Waals surface area (Å²) in [5.41, 5.74) is 0.905. The Labute approximate surface area is 125 Å². The number of ether oxygens (including phenoxy) is 3. The Morgan fingerprint density at radius 1 is 1.36 bits per heavy atom. The number of hydrogen-bond acceptors (Lipinski definition) is 5. The number of methoxy groups -OCH3 is 1. The molecule has 0 aliphatic carbocycles. The first-order valence-corrected chi connectivity index (χ1v) is 6.27. The quantitative estimate of drug-likeness (QED) is 0.766. The molecule has 0 atom stereocenters. The van der Waals surface area contributed by atoms with Crippen molar-refractivity contribution in [2.45, 2.75) is 13.2 Å². The molecule has 0 fully saturated rings. The van der Waals surface area contributed by atoms with Crippen LogP contribution < -0.4 is 9.47 Å². The molecular formula is C14H14F2N2O4. The zero-order valence-electron chi connectivity index (χ0n) is 12.0. The first-order chi connectivity index (χ1) is 10.5. The summed E-state index contributed by atoms with van der Waals surface area (Å²) in [5.74, 6) is -0.477. The Morgan fingerprint density at radius 2 is 2.14 bits per heavy atom. The van der Waals surface area contributed by atoms with E-state index in [4.69, 9.17) is 9.47 Å². The van der Waals surface area contributed by atoms with Gasteiger partial charge < -0.3 is 14.2 Å². The molecule has 0 spiro atoms. The lowest BCUT2D eigenvalue weighted by Crippen LogP contribution is -2.06. The van der Waals surface area contributed by atoms with Crippen LogP contribution in [0.25, 0.3) is 0 Å². The van der Waals surface area contributed by atoms with E-state index in [2.05, 4.69) is 9.84 Å².